The zero-order valence-corrected chi connectivity index (χ0v) is 11.9. The normalized spacial score (nSPS) is 11.2. The van der Waals surface area contributed by atoms with Crippen LogP contribution in [0.25, 0.3) is 0 Å². The SMILES string of the molecule is COc1cccc(CCC(=O)NCC(C)(C)CO)c1. The summed E-state index contributed by atoms with van der Waals surface area (Å²) in [5, 5.41) is 11.9. The van der Waals surface area contributed by atoms with Crippen molar-refractivity contribution >= 4 is 5.91 Å². The zero-order chi connectivity index (χ0) is 14.3. The van der Waals surface area contributed by atoms with Crippen LogP contribution in [0, 0.1) is 5.41 Å². The third-order valence-corrected chi connectivity index (χ3v) is 2.97. The Labute approximate surface area is 114 Å². The van der Waals surface area contributed by atoms with Crippen molar-refractivity contribution in [2.24, 2.45) is 5.41 Å². The molecule has 0 aromatic heterocycles. The fraction of sp³-hybridized carbons (Fsp3) is 0.533. The molecular weight excluding hydrogens is 242 g/mol. The second-order valence-electron chi connectivity index (χ2n) is 5.45. The Balaban J connectivity index is 2.37. The third kappa shape index (κ3) is 5.75. The summed E-state index contributed by atoms with van der Waals surface area (Å²) in [5.41, 5.74) is 0.807. The van der Waals surface area contributed by atoms with Crippen LogP contribution in [0.2, 0.25) is 0 Å². The summed E-state index contributed by atoms with van der Waals surface area (Å²) in [6.45, 7) is 4.37. The molecule has 2 N–H and O–H groups in total. The summed E-state index contributed by atoms with van der Waals surface area (Å²) in [6, 6.07) is 7.71. The summed E-state index contributed by atoms with van der Waals surface area (Å²) < 4.78 is 5.14. The zero-order valence-electron chi connectivity index (χ0n) is 11.9. The Bertz CT molecular complexity index is 416. The molecule has 0 aliphatic rings. The van der Waals surface area contributed by atoms with Crippen LogP contribution in [0.1, 0.15) is 25.8 Å². The van der Waals surface area contributed by atoms with Crippen molar-refractivity contribution in [3.8, 4) is 5.75 Å². The lowest BCUT2D eigenvalue weighted by atomic mass is 9.95. The van der Waals surface area contributed by atoms with Gasteiger partial charge >= 0.3 is 0 Å². The molecule has 0 fully saturated rings. The van der Waals surface area contributed by atoms with Crippen molar-refractivity contribution in [1.82, 2.24) is 5.32 Å². The molecule has 0 aliphatic carbocycles. The van der Waals surface area contributed by atoms with E-state index in [-0.39, 0.29) is 17.9 Å². The minimum Gasteiger partial charge on any atom is -0.497 e. The van der Waals surface area contributed by atoms with Crippen molar-refractivity contribution in [3.05, 3.63) is 29.8 Å². The van der Waals surface area contributed by atoms with E-state index >= 15 is 0 Å². The van der Waals surface area contributed by atoms with Gasteiger partial charge in [0.15, 0.2) is 0 Å². The molecule has 4 heteroatoms. The van der Waals surface area contributed by atoms with Crippen LogP contribution in [0.15, 0.2) is 24.3 Å². The standard InChI is InChI=1S/C15H23NO3/c1-15(2,11-17)10-16-14(18)8-7-12-5-4-6-13(9-12)19-3/h4-6,9,17H,7-8,10-11H2,1-3H3,(H,16,18). The van der Waals surface area contributed by atoms with Gasteiger partial charge in [0.2, 0.25) is 5.91 Å². The minimum absolute atomic E-state index is 0.00402. The third-order valence-electron chi connectivity index (χ3n) is 2.97. The van der Waals surface area contributed by atoms with E-state index in [2.05, 4.69) is 5.32 Å². The Kier molecular flexibility index (Phi) is 5.83. The fourth-order valence-corrected chi connectivity index (χ4v) is 1.57. The van der Waals surface area contributed by atoms with Crippen LogP contribution in [0.4, 0.5) is 0 Å². The molecule has 0 bridgehead atoms. The summed E-state index contributed by atoms with van der Waals surface area (Å²) in [7, 11) is 1.63. The van der Waals surface area contributed by atoms with Gasteiger partial charge in [-0.1, -0.05) is 26.0 Å². The summed E-state index contributed by atoms with van der Waals surface area (Å²) in [6.07, 6.45) is 1.12. The van der Waals surface area contributed by atoms with Gasteiger partial charge in [0, 0.05) is 25.0 Å². The van der Waals surface area contributed by atoms with E-state index in [1.807, 2.05) is 38.1 Å². The maximum absolute atomic E-state index is 11.7. The van der Waals surface area contributed by atoms with Crippen LogP contribution < -0.4 is 10.1 Å². The summed E-state index contributed by atoms with van der Waals surface area (Å²) >= 11 is 0. The van der Waals surface area contributed by atoms with Crippen molar-refractivity contribution in [2.45, 2.75) is 26.7 Å². The van der Waals surface area contributed by atoms with E-state index in [9.17, 15) is 4.79 Å². The van der Waals surface area contributed by atoms with Gasteiger partial charge in [-0.3, -0.25) is 4.79 Å². The number of aliphatic hydroxyl groups excluding tert-OH is 1. The molecule has 4 nitrogen and oxygen atoms in total. The highest BCUT2D eigenvalue weighted by atomic mass is 16.5. The highest BCUT2D eigenvalue weighted by Crippen LogP contribution is 2.14. The number of hydrogen-bond donors (Lipinski definition) is 2. The first kappa shape index (κ1) is 15.5. The molecule has 106 valence electrons. The second kappa shape index (κ2) is 7.14. The fourth-order valence-electron chi connectivity index (χ4n) is 1.57. The molecule has 0 aliphatic heterocycles. The largest absolute Gasteiger partial charge is 0.497 e. The minimum atomic E-state index is -0.272. The Hall–Kier alpha value is -1.55. The van der Waals surface area contributed by atoms with E-state index in [0.717, 1.165) is 11.3 Å². The van der Waals surface area contributed by atoms with Crippen molar-refractivity contribution in [2.75, 3.05) is 20.3 Å². The number of hydrogen-bond acceptors (Lipinski definition) is 3. The molecule has 1 aromatic rings. The Morgan fingerprint density at radius 1 is 1.42 bits per heavy atom. The predicted molar refractivity (Wildman–Crippen MR) is 75.2 cm³/mol. The van der Waals surface area contributed by atoms with Gasteiger partial charge in [-0.25, -0.2) is 0 Å². The molecule has 19 heavy (non-hydrogen) atoms. The Morgan fingerprint density at radius 2 is 2.16 bits per heavy atom. The molecule has 1 rings (SSSR count). The van der Waals surface area contributed by atoms with Crippen LogP contribution in [0.5, 0.6) is 5.75 Å². The lowest BCUT2D eigenvalue weighted by molar-refractivity contribution is -0.121. The molecule has 0 atom stereocenters. The van der Waals surface area contributed by atoms with Gasteiger partial charge in [0.05, 0.1) is 7.11 Å². The molecule has 0 saturated heterocycles. The first-order valence-electron chi connectivity index (χ1n) is 6.47. The number of nitrogens with one attached hydrogen (secondary N) is 1. The second-order valence-corrected chi connectivity index (χ2v) is 5.45. The number of carbonyl (C=O) groups is 1. The van der Waals surface area contributed by atoms with Gasteiger partial charge in [-0.15, -0.1) is 0 Å². The van der Waals surface area contributed by atoms with Gasteiger partial charge < -0.3 is 15.2 Å². The number of ether oxygens (including phenoxy) is 1. The van der Waals surface area contributed by atoms with E-state index in [0.29, 0.717) is 19.4 Å². The topological polar surface area (TPSA) is 58.6 Å². The average molecular weight is 265 g/mol. The highest BCUT2D eigenvalue weighted by Gasteiger charge is 2.17. The predicted octanol–water partition coefficient (Wildman–Crippen LogP) is 1.76. The van der Waals surface area contributed by atoms with Crippen molar-refractivity contribution in [3.63, 3.8) is 0 Å². The summed E-state index contributed by atoms with van der Waals surface area (Å²) in [5.74, 6) is 0.809. The van der Waals surface area contributed by atoms with Crippen LogP contribution >= 0.6 is 0 Å². The van der Waals surface area contributed by atoms with Gasteiger partial charge in [-0.2, -0.15) is 0 Å². The number of methoxy groups -OCH3 is 1. The van der Waals surface area contributed by atoms with Crippen LogP contribution in [0.3, 0.4) is 0 Å². The molecule has 0 unspecified atom stereocenters. The number of carbonyl (C=O) groups excluding carboxylic acids is 1. The number of rotatable bonds is 7. The first-order chi connectivity index (χ1) is 8.96. The lowest BCUT2D eigenvalue weighted by Crippen LogP contribution is -2.36. The Morgan fingerprint density at radius 3 is 2.79 bits per heavy atom. The molecule has 1 aromatic carbocycles. The smallest absolute Gasteiger partial charge is 0.220 e. The average Bonchev–Trinajstić information content (AvgIpc) is 2.43. The number of aliphatic hydroxyl groups is 1. The number of aryl methyl sites for hydroxylation is 1. The maximum atomic E-state index is 11.7. The molecular formula is C15H23NO3. The highest BCUT2D eigenvalue weighted by molar-refractivity contribution is 5.76. The first-order valence-corrected chi connectivity index (χ1v) is 6.47. The monoisotopic (exact) mass is 265 g/mol. The van der Waals surface area contributed by atoms with E-state index < -0.39 is 0 Å². The molecule has 0 spiro atoms. The van der Waals surface area contributed by atoms with E-state index in [1.54, 1.807) is 7.11 Å². The van der Waals surface area contributed by atoms with Gasteiger partial charge in [0.25, 0.3) is 0 Å². The van der Waals surface area contributed by atoms with Gasteiger partial charge in [0.1, 0.15) is 5.75 Å². The molecule has 0 saturated carbocycles. The molecule has 0 radical (unpaired) electrons. The quantitative estimate of drug-likeness (QED) is 0.790. The lowest BCUT2D eigenvalue weighted by Gasteiger charge is -2.21. The van der Waals surface area contributed by atoms with Gasteiger partial charge in [-0.05, 0) is 24.1 Å². The number of benzene rings is 1. The molecule has 0 heterocycles. The number of amides is 1. The van der Waals surface area contributed by atoms with E-state index in [1.165, 1.54) is 0 Å². The van der Waals surface area contributed by atoms with E-state index in [4.69, 9.17) is 9.84 Å². The summed E-state index contributed by atoms with van der Waals surface area (Å²) in [4.78, 5) is 11.7. The van der Waals surface area contributed by atoms with Crippen molar-refractivity contribution in [1.29, 1.82) is 0 Å². The van der Waals surface area contributed by atoms with Crippen LogP contribution in [-0.4, -0.2) is 31.3 Å². The van der Waals surface area contributed by atoms with Crippen LogP contribution in [-0.2, 0) is 11.2 Å². The maximum Gasteiger partial charge on any atom is 0.220 e. The van der Waals surface area contributed by atoms with Crippen molar-refractivity contribution < 1.29 is 14.6 Å². The molecule has 1 amide bonds.